The molecule has 2 heteroatoms. The molecule has 0 radical (unpaired) electrons. The quantitative estimate of drug-likeness (QED) is 0.539. The molecule has 1 unspecified atom stereocenters. The number of hydrogen-bond acceptors (Lipinski definition) is 2. The summed E-state index contributed by atoms with van der Waals surface area (Å²) in [6.07, 6.45) is 6.61. The summed E-state index contributed by atoms with van der Waals surface area (Å²) in [4.78, 5) is 1.45. The van der Waals surface area contributed by atoms with Crippen molar-refractivity contribution in [2.45, 2.75) is 39.7 Å². The fourth-order valence-electron chi connectivity index (χ4n) is 2.30. The van der Waals surface area contributed by atoms with E-state index < -0.39 is 0 Å². The average Bonchev–Trinajstić information content (AvgIpc) is 2.78. The third-order valence-corrected chi connectivity index (χ3v) is 4.70. The van der Waals surface area contributed by atoms with Gasteiger partial charge in [0.1, 0.15) is 0 Å². The van der Waals surface area contributed by atoms with Crippen molar-refractivity contribution in [1.82, 2.24) is 4.31 Å². The number of fused-ring (bicyclic) bond motifs is 1. The van der Waals surface area contributed by atoms with E-state index in [2.05, 4.69) is 55.9 Å². The molecule has 0 amide bonds. The molecule has 0 saturated heterocycles. The van der Waals surface area contributed by atoms with Crippen molar-refractivity contribution in [1.29, 1.82) is 0 Å². The minimum Gasteiger partial charge on any atom is -0.240 e. The standard InChI is InChI=1S/C17H23NS/c1-5-9-18(14(4)6-2)19-17-11-15-8-7-13(3)10-16(15)12-17/h6-8,10,12,14H,2,5,9,11H2,1,3-4H3. The Morgan fingerprint density at radius 1 is 1.47 bits per heavy atom. The Bertz CT molecular complexity index is 490. The summed E-state index contributed by atoms with van der Waals surface area (Å²) in [6, 6.07) is 7.16. The van der Waals surface area contributed by atoms with Crippen LogP contribution in [0.25, 0.3) is 6.08 Å². The molecule has 0 bridgehead atoms. The Morgan fingerprint density at radius 3 is 2.95 bits per heavy atom. The Balaban J connectivity index is 2.08. The molecule has 19 heavy (non-hydrogen) atoms. The van der Waals surface area contributed by atoms with Gasteiger partial charge in [0.05, 0.1) is 0 Å². The average molecular weight is 273 g/mol. The maximum Gasteiger partial charge on any atom is 0.0354 e. The van der Waals surface area contributed by atoms with Crippen molar-refractivity contribution in [3.05, 3.63) is 52.4 Å². The van der Waals surface area contributed by atoms with E-state index in [0.717, 1.165) is 13.0 Å². The highest BCUT2D eigenvalue weighted by Gasteiger charge is 2.18. The number of aryl methyl sites for hydroxylation is 1. The second-order valence-corrected chi connectivity index (χ2v) is 6.37. The zero-order valence-electron chi connectivity index (χ0n) is 12.1. The zero-order chi connectivity index (χ0) is 13.8. The summed E-state index contributed by atoms with van der Waals surface area (Å²) in [7, 11) is 0. The first-order valence-electron chi connectivity index (χ1n) is 7.01. The maximum atomic E-state index is 3.91. The Kier molecular flexibility index (Phi) is 4.89. The molecular weight excluding hydrogens is 250 g/mol. The molecule has 1 aliphatic carbocycles. The Labute approximate surface area is 121 Å². The molecule has 1 aromatic rings. The summed E-state index contributed by atoms with van der Waals surface area (Å²) in [5.74, 6) is 0. The highest BCUT2D eigenvalue weighted by atomic mass is 32.2. The van der Waals surface area contributed by atoms with Crippen LogP contribution in [0.3, 0.4) is 0 Å². The topological polar surface area (TPSA) is 3.24 Å². The maximum absolute atomic E-state index is 3.91. The van der Waals surface area contributed by atoms with Gasteiger partial charge in [-0.2, -0.15) is 0 Å². The van der Waals surface area contributed by atoms with Crippen LogP contribution < -0.4 is 0 Å². The van der Waals surface area contributed by atoms with E-state index in [1.807, 2.05) is 18.0 Å². The number of rotatable bonds is 6. The van der Waals surface area contributed by atoms with Crippen molar-refractivity contribution in [3.8, 4) is 0 Å². The molecular formula is C17H23NS. The Morgan fingerprint density at radius 2 is 2.26 bits per heavy atom. The SMILES string of the molecule is C=CC(C)N(CCC)SC1=Cc2cc(C)ccc2C1. The number of benzene rings is 1. The predicted molar refractivity (Wildman–Crippen MR) is 87.1 cm³/mol. The van der Waals surface area contributed by atoms with Gasteiger partial charge in [-0.1, -0.05) is 36.8 Å². The lowest BCUT2D eigenvalue weighted by Gasteiger charge is -2.25. The molecule has 1 atom stereocenters. The van der Waals surface area contributed by atoms with Crippen LogP contribution >= 0.6 is 11.9 Å². The van der Waals surface area contributed by atoms with E-state index in [4.69, 9.17) is 0 Å². The van der Waals surface area contributed by atoms with E-state index >= 15 is 0 Å². The molecule has 0 fully saturated rings. The van der Waals surface area contributed by atoms with Crippen LogP contribution in [0.2, 0.25) is 0 Å². The van der Waals surface area contributed by atoms with Gasteiger partial charge < -0.3 is 0 Å². The van der Waals surface area contributed by atoms with Crippen molar-refractivity contribution >= 4 is 18.0 Å². The molecule has 0 spiro atoms. The largest absolute Gasteiger partial charge is 0.240 e. The van der Waals surface area contributed by atoms with Gasteiger partial charge in [-0.3, -0.25) is 0 Å². The summed E-state index contributed by atoms with van der Waals surface area (Å²) >= 11 is 1.90. The van der Waals surface area contributed by atoms with E-state index in [9.17, 15) is 0 Å². The fraction of sp³-hybridized carbons (Fsp3) is 0.412. The molecule has 0 saturated carbocycles. The van der Waals surface area contributed by atoms with E-state index in [1.165, 1.54) is 28.0 Å². The minimum absolute atomic E-state index is 0.413. The first kappa shape index (κ1) is 14.4. The van der Waals surface area contributed by atoms with Crippen LogP contribution in [0.5, 0.6) is 0 Å². The second kappa shape index (κ2) is 6.44. The third-order valence-electron chi connectivity index (χ3n) is 3.46. The minimum atomic E-state index is 0.413. The monoisotopic (exact) mass is 273 g/mol. The van der Waals surface area contributed by atoms with Gasteiger partial charge in [-0.15, -0.1) is 6.58 Å². The normalized spacial score (nSPS) is 15.3. The highest BCUT2D eigenvalue weighted by Crippen LogP contribution is 2.35. The van der Waals surface area contributed by atoms with E-state index in [0.29, 0.717) is 6.04 Å². The smallest absolute Gasteiger partial charge is 0.0354 e. The number of hydrogen-bond donors (Lipinski definition) is 0. The summed E-state index contributed by atoms with van der Waals surface area (Å²) in [6.45, 7) is 11.6. The third kappa shape index (κ3) is 3.52. The zero-order valence-corrected chi connectivity index (χ0v) is 13.0. The van der Waals surface area contributed by atoms with Crippen LogP contribution in [-0.2, 0) is 6.42 Å². The van der Waals surface area contributed by atoms with Crippen molar-refractivity contribution in [2.75, 3.05) is 6.54 Å². The van der Waals surface area contributed by atoms with E-state index in [-0.39, 0.29) is 0 Å². The number of allylic oxidation sites excluding steroid dienone is 1. The summed E-state index contributed by atoms with van der Waals surface area (Å²) in [5, 5.41) is 0. The van der Waals surface area contributed by atoms with Gasteiger partial charge in [0.2, 0.25) is 0 Å². The van der Waals surface area contributed by atoms with Crippen LogP contribution in [0.4, 0.5) is 0 Å². The van der Waals surface area contributed by atoms with Crippen LogP contribution in [0, 0.1) is 6.92 Å². The van der Waals surface area contributed by atoms with Gasteiger partial charge in [0, 0.05) is 23.9 Å². The van der Waals surface area contributed by atoms with E-state index in [1.54, 1.807) is 0 Å². The van der Waals surface area contributed by atoms with Gasteiger partial charge in [-0.05, 0) is 49.4 Å². The first-order valence-corrected chi connectivity index (χ1v) is 7.78. The van der Waals surface area contributed by atoms with Gasteiger partial charge in [0.25, 0.3) is 0 Å². The summed E-state index contributed by atoms with van der Waals surface area (Å²) in [5.41, 5.74) is 4.19. The van der Waals surface area contributed by atoms with Crippen molar-refractivity contribution in [2.24, 2.45) is 0 Å². The van der Waals surface area contributed by atoms with Crippen molar-refractivity contribution < 1.29 is 0 Å². The van der Waals surface area contributed by atoms with Crippen LogP contribution in [0.1, 0.15) is 37.0 Å². The predicted octanol–water partition coefficient (Wildman–Crippen LogP) is 4.83. The molecule has 0 aromatic heterocycles. The molecule has 2 rings (SSSR count). The fourth-order valence-corrected chi connectivity index (χ4v) is 3.53. The van der Waals surface area contributed by atoms with Gasteiger partial charge in [-0.25, -0.2) is 4.31 Å². The molecule has 0 aliphatic heterocycles. The highest BCUT2D eigenvalue weighted by molar-refractivity contribution is 8.01. The van der Waals surface area contributed by atoms with Crippen LogP contribution in [0.15, 0.2) is 35.8 Å². The van der Waals surface area contributed by atoms with Crippen LogP contribution in [-0.4, -0.2) is 16.9 Å². The lowest BCUT2D eigenvalue weighted by molar-refractivity contribution is 0.428. The lowest BCUT2D eigenvalue weighted by Crippen LogP contribution is -2.25. The van der Waals surface area contributed by atoms with Gasteiger partial charge >= 0.3 is 0 Å². The second-order valence-electron chi connectivity index (χ2n) is 5.20. The first-order chi connectivity index (χ1) is 9.13. The summed E-state index contributed by atoms with van der Waals surface area (Å²) < 4.78 is 2.43. The molecule has 1 nitrogen and oxygen atoms in total. The number of nitrogens with zero attached hydrogens (tertiary/aromatic N) is 1. The lowest BCUT2D eigenvalue weighted by atomic mass is 10.1. The van der Waals surface area contributed by atoms with Crippen molar-refractivity contribution in [3.63, 3.8) is 0 Å². The molecule has 1 aliphatic rings. The molecule has 102 valence electrons. The van der Waals surface area contributed by atoms with Gasteiger partial charge in [0.15, 0.2) is 0 Å². The molecule has 0 heterocycles. The molecule has 1 aromatic carbocycles. The molecule has 0 N–H and O–H groups in total. The Hall–Kier alpha value is -0.990.